The van der Waals surface area contributed by atoms with E-state index in [2.05, 4.69) is 35.9 Å². The van der Waals surface area contributed by atoms with Crippen LogP contribution in [-0.4, -0.2) is 65.2 Å². The minimum absolute atomic E-state index is 0.0747. The number of hydrogen-bond acceptors (Lipinski definition) is 5. The highest BCUT2D eigenvalue weighted by Gasteiger charge is 2.82. The molecule has 1 fully saturated rings. The second kappa shape index (κ2) is 21.5. The molecule has 21 heteroatoms. The van der Waals surface area contributed by atoms with E-state index in [1.165, 1.54) is 73.5 Å². The van der Waals surface area contributed by atoms with E-state index in [1.54, 1.807) is 55.5 Å². The first-order valence-corrected chi connectivity index (χ1v) is 22.1. The molecule has 0 spiro atoms. The predicted molar refractivity (Wildman–Crippen MR) is 247 cm³/mol. The van der Waals surface area contributed by atoms with Crippen molar-refractivity contribution in [2.24, 2.45) is 0 Å². The van der Waals surface area contributed by atoms with Crippen LogP contribution in [0.1, 0.15) is 57.4 Å². The van der Waals surface area contributed by atoms with Crippen LogP contribution in [0, 0.1) is 6.92 Å². The maximum Gasteiger partial charge on any atom is 0.376 e. The van der Waals surface area contributed by atoms with Crippen molar-refractivity contribution < 1.29 is 94.1 Å². The Kier molecular flexibility index (Phi) is 16.3. The van der Waals surface area contributed by atoms with Gasteiger partial charge in [0.15, 0.2) is 17.3 Å². The Hall–Kier alpha value is -7.71. The average molecular weight is 1080 g/mol. The van der Waals surface area contributed by atoms with Gasteiger partial charge in [0, 0.05) is 16.7 Å². The van der Waals surface area contributed by atoms with Crippen molar-refractivity contribution in [3.05, 3.63) is 191 Å². The summed E-state index contributed by atoms with van der Waals surface area (Å²) in [5, 5.41) is 0. The van der Waals surface area contributed by atoms with Crippen molar-refractivity contribution >= 4 is 17.3 Å². The molecule has 3 aliphatic carbocycles. The van der Waals surface area contributed by atoms with Crippen molar-refractivity contribution in [2.45, 2.75) is 75.5 Å². The summed E-state index contributed by atoms with van der Waals surface area (Å²) in [6.07, 6.45) is -5.57. The standard InChI is InChI=1S/C18H13F5O2.C18H11F5O2.C15H14O.C4F6/c2*1-10(24)11-2-4-12(5-3-11)13-6-8-14(9-7-13)25-16-15(19)17(20,21)18(16,22)23;1-11-3-5-14(6-4-11)15-9-7-13(8-10-15)12(2)16;5-1-2(6)4(9,10)3(1,7)8/h2-9,15-16H,1H3;2-9H,1H3;3-10H,1-2H3;. The first-order valence-electron chi connectivity index (χ1n) is 22.1. The number of alkyl halides is 13. The molecule has 6 aromatic rings. The van der Waals surface area contributed by atoms with Gasteiger partial charge in [0.1, 0.15) is 11.5 Å². The predicted octanol–water partition coefficient (Wildman–Crippen LogP) is 16.6. The molecule has 400 valence electrons. The van der Waals surface area contributed by atoms with Gasteiger partial charge in [-0.05, 0) is 85.3 Å². The van der Waals surface area contributed by atoms with E-state index < -0.39 is 71.1 Å². The number of allylic oxidation sites excluding steroid dienone is 4. The molecular weight excluding hydrogens is 1040 g/mol. The Morgan fingerprint density at radius 1 is 0.382 bits per heavy atom. The zero-order valence-corrected chi connectivity index (χ0v) is 39.6. The molecule has 0 N–H and O–H groups in total. The minimum atomic E-state index is -4.95. The highest BCUT2D eigenvalue weighted by molar-refractivity contribution is 5.95. The van der Waals surface area contributed by atoms with Crippen LogP contribution in [0.3, 0.4) is 0 Å². The number of Topliss-reactive ketones (excluding diaryl/α,β-unsaturated/α-hetero) is 3. The number of benzene rings is 6. The molecule has 0 heterocycles. The number of halogens is 16. The number of carbonyl (C=O) groups excluding carboxylic acids is 3. The van der Waals surface area contributed by atoms with E-state index in [1.807, 2.05) is 24.3 Å². The average Bonchev–Trinajstić information content (AvgIpc) is 3.39. The van der Waals surface area contributed by atoms with Crippen LogP contribution in [0.2, 0.25) is 0 Å². The lowest BCUT2D eigenvalue weighted by Crippen LogP contribution is -2.73. The van der Waals surface area contributed by atoms with E-state index >= 15 is 0 Å². The molecule has 0 amide bonds. The van der Waals surface area contributed by atoms with E-state index in [0.29, 0.717) is 22.3 Å². The molecule has 0 bridgehead atoms. The Labute approximate surface area is 422 Å². The Bertz CT molecular complexity index is 3130. The fourth-order valence-electron chi connectivity index (χ4n) is 7.03. The maximum atomic E-state index is 13.2. The SMILES string of the molecule is CC(=O)c1ccc(-c2ccc(C)cc2)cc1.CC(=O)c1ccc(-c2ccc(OC3=C(F)C(F)(F)C3(F)F)cc2)cc1.CC(=O)c1ccc(-c2ccc(OC3C(F)C(F)(F)C3(F)F)cc2)cc1.FC1=C(F)C(F)(F)C1(F)F. The largest absolute Gasteiger partial charge is 0.481 e. The second-order valence-electron chi connectivity index (χ2n) is 17.2. The van der Waals surface area contributed by atoms with Gasteiger partial charge in [-0.1, -0.05) is 127 Å². The first kappa shape index (κ1) is 57.6. The number of ketones is 3. The minimum Gasteiger partial charge on any atom is -0.481 e. The van der Waals surface area contributed by atoms with Crippen molar-refractivity contribution in [3.8, 4) is 44.9 Å². The van der Waals surface area contributed by atoms with Crippen molar-refractivity contribution in [3.63, 3.8) is 0 Å². The van der Waals surface area contributed by atoms with Crippen LogP contribution in [0.5, 0.6) is 11.5 Å². The molecule has 2 unspecified atom stereocenters. The molecule has 1 saturated carbocycles. The monoisotopic (exact) mass is 1080 g/mol. The normalized spacial score (nSPS) is 19.5. The molecule has 5 nitrogen and oxygen atoms in total. The summed E-state index contributed by atoms with van der Waals surface area (Å²) in [6.45, 7) is 6.54. The summed E-state index contributed by atoms with van der Waals surface area (Å²) in [4.78, 5) is 33.6. The number of carbonyl (C=O) groups is 3. The highest BCUT2D eigenvalue weighted by Crippen LogP contribution is 2.58. The fourth-order valence-corrected chi connectivity index (χ4v) is 7.03. The highest BCUT2D eigenvalue weighted by atomic mass is 19.3. The summed E-state index contributed by atoms with van der Waals surface area (Å²) < 4.78 is 209. The van der Waals surface area contributed by atoms with Gasteiger partial charge in [-0.15, -0.1) is 0 Å². The summed E-state index contributed by atoms with van der Waals surface area (Å²) >= 11 is 0. The van der Waals surface area contributed by atoms with Gasteiger partial charge in [-0.3, -0.25) is 14.4 Å². The van der Waals surface area contributed by atoms with E-state index in [-0.39, 0.29) is 28.8 Å². The quantitative estimate of drug-likeness (QED) is 0.101. The molecule has 0 saturated heterocycles. The van der Waals surface area contributed by atoms with Gasteiger partial charge in [-0.2, -0.15) is 52.7 Å². The lowest BCUT2D eigenvalue weighted by atomic mass is 9.83. The lowest BCUT2D eigenvalue weighted by Gasteiger charge is -2.45. The summed E-state index contributed by atoms with van der Waals surface area (Å²) in [5.41, 5.74) is 8.33. The van der Waals surface area contributed by atoms with Gasteiger partial charge in [0.25, 0.3) is 0 Å². The van der Waals surface area contributed by atoms with Crippen molar-refractivity contribution in [1.29, 1.82) is 0 Å². The molecule has 0 aromatic heterocycles. The summed E-state index contributed by atoms with van der Waals surface area (Å²) in [6, 6.07) is 40.7. The van der Waals surface area contributed by atoms with Crippen LogP contribution in [0.4, 0.5) is 70.2 Å². The van der Waals surface area contributed by atoms with E-state index in [4.69, 9.17) is 4.74 Å². The van der Waals surface area contributed by atoms with Crippen LogP contribution in [0.25, 0.3) is 33.4 Å². The molecule has 6 aromatic carbocycles. The Balaban J connectivity index is 0.000000173. The van der Waals surface area contributed by atoms with Gasteiger partial charge in [0.2, 0.25) is 35.5 Å². The number of ether oxygens (including phenoxy) is 2. The smallest absolute Gasteiger partial charge is 0.376 e. The summed E-state index contributed by atoms with van der Waals surface area (Å²) in [7, 11) is 0. The summed E-state index contributed by atoms with van der Waals surface area (Å²) in [5.74, 6) is -38.3. The third-order valence-corrected chi connectivity index (χ3v) is 11.8. The Morgan fingerprint density at radius 3 is 0.934 bits per heavy atom. The van der Waals surface area contributed by atoms with Crippen LogP contribution in [0.15, 0.2) is 169 Å². The van der Waals surface area contributed by atoms with E-state index in [9.17, 15) is 84.6 Å². The molecule has 9 rings (SSSR count). The molecule has 0 aliphatic heterocycles. The number of hydrogen-bond donors (Lipinski definition) is 0. The number of aryl methyl sites for hydroxylation is 1. The van der Waals surface area contributed by atoms with Gasteiger partial charge in [-0.25, -0.2) is 17.6 Å². The van der Waals surface area contributed by atoms with Crippen LogP contribution >= 0.6 is 0 Å². The third-order valence-electron chi connectivity index (χ3n) is 11.8. The van der Waals surface area contributed by atoms with Crippen LogP contribution < -0.4 is 9.47 Å². The zero-order chi connectivity index (χ0) is 56.5. The second-order valence-corrected chi connectivity index (χ2v) is 17.2. The molecule has 0 radical (unpaired) electrons. The lowest BCUT2D eigenvalue weighted by molar-refractivity contribution is -0.361. The molecule has 2 atom stereocenters. The molecule has 76 heavy (non-hydrogen) atoms. The Morgan fingerprint density at radius 2 is 0.658 bits per heavy atom. The molecule has 3 aliphatic rings. The van der Waals surface area contributed by atoms with Gasteiger partial charge < -0.3 is 9.47 Å². The van der Waals surface area contributed by atoms with E-state index in [0.717, 1.165) is 22.3 Å². The first-order chi connectivity index (χ1) is 35.3. The van der Waals surface area contributed by atoms with Gasteiger partial charge in [0.05, 0.1) is 0 Å². The zero-order valence-electron chi connectivity index (χ0n) is 39.6. The maximum absolute atomic E-state index is 13.2. The van der Waals surface area contributed by atoms with Crippen LogP contribution in [-0.2, 0) is 0 Å². The van der Waals surface area contributed by atoms with Crippen molar-refractivity contribution in [2.75, 3.05) is 0 Å². The number of rotatable bonds is 10. The fraction of sp³-hybridized carbons (Fsp3) is 0.218. The molecular formula is C55H38F16O5. The van der Waals surface area contributed by atoms with Crippen molar-refractivity contribution in [1.82, 2.24) is 0 Å². The topological polar surface area (TPSA) is 69.7 Å². The third kappa shape index (κ3) is 11.1. The van der Waals surface area contributed by atoms with Gasteiger partial charge >= 0.3 is 35.5 Å².